The normalized spacial score (nSPS) is 52.7. The third kappa shape index (κ3) is 2.27. The van der Waals surface area contributed by atoms with Crippen LogP contribution in [0.15, 0.2) is 0 Å². The van der Waals surface area contributed by atoms with Crippen molar-refractivity contribution in [3.05, 3.63) is 0 Å². The Labute approximate surface area is 141 Å². The maximum absolute atomic E-state index is 11.9. The van der Waals surface area contributed by atoms with E-state index in [2.05, 4.69) is 13.8 Å². The number of aliphatic hydroxyl groups excluding tert-OH is 1. The minimum Gasteiger partial charge on any atom is -0.396 e. The number of carbonyl (C=O) groups is 1. The van der Waals surface area contributed by atoms with Crippen LogP contribution in [0.3, 0.4) is 0 Å². The Morgan fingerprint density at radius 1 is 1.00 bits per heavy atom. The van der Waals surface area contributed by atoms with Crippen molar-refractivity contribution in [1.29, 1.82) is 0 Å². The lowest BCUT2D eigenvalue weighted by Crippen LogP contribution is -2.53. The molecular weight excluding hydrogens is 284 g/mol. The predicted octanol–water partition coefficient (Wildman–Crippen LogP) is 4.60. The molecule has 2 heteroatoms. The Morgan fingerprint density at radius 3 is 2.57 bits per heavy atom. The fourth-order valence-electron chi connectivity index (χ4n) is 7.78. The zero-order valence-electron chi connectivity index (χ0n) is 15.0. The average Bonchev–Trinajstić information content (AvgIpc) is 2.85. The number of carbonyl (C=O) groups excluding carboxylic acids is 1. The minimum atomic E-state index is 0.364. The van der Waals surface area contributed by atoms with E-state index < -0.39 is 0 Å². The number of ketones is 1. The molecule has 130 valence electrons. The van der Waals surface area contributed by atoms with Crippen LogP contribution in [0.25, 0.3) is 0 Å². The number of rotatable bonds is 2. The van der Waals surface area contributed by atoms with Crippen molar-refractivity contribution in [1.82, 2.24) is 0 Å². The summed E-state index contributed by atoms with van der Waals surface area (Å²) in [5, 5.41) is 9.45. The molecule has 0 spiro atoms. The number of Topliss-reactive ketones (excluding diaryl/α,β-unsaturated/α-hetero) is 1. The van der Waals surface area contributed by atoms with E-state index in [0.717, 1.165) is 49.4 Å². The molecule has 23 heavy (non-hydrogen) atoms. The summed E-state index contributed by atoms with van der Waals surface area (Å²) < 4.78 is 0. The molecule has 1 N–H and O–H groups in total. The van der Waals surface area contributed by atoms with Gasteiger partial charge in [-0.05, 0) is 91.8 Å². The Morgan fingerprint density at radius 2 is 1.78 bits per heavy atom. The standard InChI is InChI=1S/C21H34O2/c1-20-11-8-19-17(18(20)6-4-14(20)9-12-22)5-3-15-13-16(23)7-10-21(15,19)2/h14-15,17-19,22H,3-13H2,1-2H3/t14?,15?,17?,18?,19?,20-,21+/m1/s1. The van der Waals surface area contributed by atoms with Crippen molar-refractivity contribution >= 4 is 5.78 Å². The lowest BCUT2D eigenvalue weighted by Gasteiger charge is -2.60. The molecule has 4 aliphatic carbocycles. The van der Waals surface area contributed by atoms with Crippen LogP contribution in [0.1, 0.15) is 78.1 Å². The van der Waals surface area contributed by atoms with E-state index >= 15 is 0 Å². The van der Waals surface area contributed by atoms with Gasteiger partial charge in [-0.15, -0.1) is 0 Å². The highest BCUT2D eigenvalue weighted by Gasteiger charge is 2.59. The number of fused-ring (bicyclic) bond motifs is 5. The molecule has 0 heterocycles. The van der Waals surface area contributed by atoms with Gasteiger partial charge in [0.05, 0.1) is 0 Å². The quantitative estimate of drug-likeness (QED) is 0.808. The van der Waals surface area contributed by atoms with Crippen molar-refractivity contribution in [3.8, 4) is 0 Å². The van der Waals surface area contributed by atoms with Crippen molar-refractivity contribution in [2.75, 3.05) is 6.61 Å². The van der Waals surface area contributed by atoms with Crippen molar-refractivity contribution < 1.29 is 9.90 Å². The van der Waals surface area contributed by atoms with Crippen LogP contribution in [-0.2, 0) is 4.79 Å². The number of hydrogen-bond donors (Lipinski definition) is 1. The van der Waals surface area contributed by atoms with Gasteiger partial charge in [-0.1, -0.05) is 13.8 Å². The van der Waals surface area contributed by atoms with Crippen LogP contribution in [-0.4, -0.2) is 17.5 Å². The Balaban J connectivity index is 1.59. The number of hydrogen-bond acceptors (Lipinski definition) is 2. The van der Waals surface area contributed by atoms with Crippen LogP contribution >= 0.6 is 0 Å². The molecule has 4 aliphatic rings. The van der Waals surface area contributed by atoms with Crippen LogP contribution in [0.4, 0.5) is 0 Å². The highest BCUT2D eigenvalue weighted by molar-refractivity contribution is 5.79. The molecule has 0 aromatic rings. The fourth-order valence-corrected chi connectivity index (χ4v) is 7.78. The first-order valence-electron chi connectivity index (χ1n) is 10.1. The summed E-state index contributed by atoms with van der Waals surface area (Å²) in [6, 6.07) is 0. The molecule has 5 unspecified atom stereocenters. The minimum absolute atomic E-state index is 0.364. The molecule has 4 rings (SSSR count). The Kier molecular flexibility index (Phi) is 3.91. The first kappa shape index (κ1) is 16.1. The second kappa shape index (κ2) is 5.58. The zero-order chi connectivity index (χ0) is 16.2. The highest BCUT2D eigenvalue weighted by Crippen LogP contribution is 2.67. The second-order valence-electron chi connectivity index (χ2n) is 9.73. The van der Waals surface area contributed by atoms with Gasteiger partial charge < -0.3 is 5.11 Å². The van der Waals surface area contributed by atoms with Gasteiger partial charge in [-0.2, -0.15) is 0 Å². The molecular formula is C21H34O2. The average molecular weight is 319 g/mol. The first-order chi connectivity index (χ1) is 11.0. The van der Waals surface area contributed by atoms with E-state index in [1.807, 2.05) is 0 Å². The molecule has 0 aromatic carbocycles. The summed E-state index contributed by atoms with van der Waals surface area (Å²) >= 11 is 0. The summed E-state index contributed by atoms with van der Waals surface area (Å²) in [6.07, 6.45) is 12.0. The van der Waals surface area contributed by atoms with E-state index in [0.29, 0.717) is 29.1 Å². The summed E-state index contributed by atoms with van der Waals surface area (Å²) in [4.78, 5) is 11.9. The Bertz CT molecular complexity index is 486. The lowest BCUT2D eigenvalue weighted by molar-refractivity contribution is -0.139. The van der Waals surface area contributed by atoms with Crippen molar-refractivity contribution in [2.45, 2.75) is 78.1 Å². The SMILES string of the molecule is C[C@]12CCC(=O)CC1CCC1C2CC[C@]2(C)C(CCO)CCC12. The third-order valence-corrected chi connectivity index (χ3v) is 9.16. The second-order valence-corrected chi connectivity index (χ2v) is 9.73. The predicted molar refractivity (Wildman–Crippen MR) is 91.9 cm³/mol. The Hall–Kier alpha value is -0.370. The molecule has 2 nitrogen and oxygen atoms in total. The van der Waals surface area contributed by atoms with E-state index in [1.165, 1.54) is 38.5 Å². The summed E-state index contributed by atoms with van der Waals surface area (Å²) in [5.74, 6) is 4.58. The van der Waals surface area contributed by atoms with Gasteiger partial charge in [-0.25, -0.2) is 0 Å². The molecule has 4 fully saturated rings. The molecule has 0 aromatic heterocycles. The zero-order valence-corrected chi connectivity index (χ0v) is 15.0. The van der Waals surface area contributed by atoms with Gasteiger partial charge in [-0.3, -0.25) is 4.79 Å². The van der Waals surface area contributed by atoms with Crippen LogP contribution in [0.2, 0.25) is 0 Å². The van der Waals surface area contributed by atoms with Crippen LogP contribution in [0, 0.1) is 40.4 Å². The number of aliphatic hydroxyl groups is 1. The van der Waals surface area contributed by atoms with Crippen molar-refractivity contribution in [2.24, 2.45) is 40.4 Å². The fraction of sp³-hybridized carbons (Fsp3) is 0.952. The van der Waals surface area contributed by atoms with Gasteiger partial charge in [0.1, 0.15) is 5.78 Å². The van der Waals surface area contributed by atoms with E-state index in [4.69, 9.17) is 0 Å². The molecule has 0 aliphatic heterocycles. The molecule has 4 saturated carbocycles. The highest BCUT2D eigenvalue weighted by atomic mass is 16.3. The molecule has 0 saturated heterocycles. The molecule has 0 radical (unpaired) electrons. The van der Waals surface area contributed by atoms with E-state index in [1.54, 1.807) is 0 Å². The van der Waals surface area contributed by atoms with Crippen LogP contribution < -0.4 is 0 Å². The van der Waals surface area contributed by atoms with E-state index in [9.17, 15) is 9.90 Å². The van der Waals surface area contributed by atoms with Gasteiger partial charge in [0, 0.05) is 19.4 Å². The smallest absolute Gasteiger partial charge is 0.133 e. The topological polar surface area (TPSA) is 37.3 Å². The molecule has 0 bridgehead atoms. The van der Waals surface area contributed by atoms with Gasteiger partial charge in [0.2, 0.25) is 0 Å². The van der Waals surface area contributed by atoms with Crippen LogP contribution in [0.5, 0.6) is 0 Å². The third-order valence-electron chi connectivity index (χ3n) is 9.16. The maximum Gasteiger partial charge on any atom is 0.133 e. The van der Waals surface area contributed by atoms with Gasteiger partial charge >= 0.3 is 0 Å². The maximum atomic E-state index is 11.9. The van der Waals surface area contributed by atoms with E-state index in [-0.39, 0.29) is 0 Å². The lowest BCUT2D eigenvalue weighted by atomic mass is 9.44. The molecule has 7 atom stereocenters. The monoisotopic (exact) mass is 318 g/mol. The first-order valence-corrected chi connectivity index (χ1v) is 10.1. The summed E-state index contributed by atoms with van der Waals surface area (Å²) in [6.45, 7) is 5.44. The summed E-state index contributed by atoms with van der Waals surface area (Å²) in [7, 11) is 0. The van der Waals surface area contributed by atoms with Gasteiger partial charge in [0.25, 0.3) is 0 Å². The summed E-state index contributed by atoms with van der Waals surface area (Å²) in [5.41, 5.74) is 0.921. The van der Waals surface area contributed by atoms with Crippen molar-refractivity contribution in [3.63, 3.8) is 0 Å². The van der Waals surface area contributed by atoms with Gasteiger partial charge in [0.15, 0.2) is 0 Å². The largest absolute Gasteiger partial charge is 0.396 e. The molecule has 0 amide bonds.